The number of nitrogens with one attached hydrogen (secondary N) is 1. The van der Waals surface area contributed by atoms with Gasteiger partial charge in [-0.3, -0.25) is 0 Å². The van der Waals surface area contributed by atoms with Gasteiger partial charge in [-0.2, -0.15) is 0 Å². The van der Waals surface area contributed by atoms with Gasteiger partial charge in [0, 0.05) is 24.3 Å². The van der Waals surface area contributed by atoms with Crippen LogP contribution in [-0.2, 0) is 4.74 Å². The number of esters is 1. The Morgan fingerprint density at radius 2 is 2.00 bits per heavy atom. The fourth-order valence-electron chi connectivity index (χ4n) is 3.96. The predicted octanol–water partition coefficient (Wildman–Crippen LogP) is 4.53. The molecule has 4 rings (SSSR count). The molecule has 0 radical (unpaired) electrons. The smallest absolute Gasteiger partial charge is 0.361 e. The van der Waals surface area contributed by atoms with E-state index in [1.54, 1.807) is 30.0 Å². The number of amides is 2. The Morgan fingerprint density at radius 3 is 2.63 bits per heavy atom. The fraction of sp³-hybridized carbons (Fsp3) is 0.435. The molecule has 186 valence electrons. The van der Waals surface area contributed by atoms with Crippen LogP contribution >= 0.6 is 0 Å². The second-order valence-corrected chi connectivity index (χ2v) is 8.18. The maximum Gasteiger partial charge on any atom is 0.361 e. The summed E-state index contributed by atoms with van der Waals surface area (Å²) in [6.45, 7) is 5.97. The zero-order valence-corrected chi connectivity index (χ0v) is 19.6. The van der Waals surface area contributed by atoms with Gasteiger partial charge in [0.2, 0.25) is 5.89 Å². The maximum atomic E-state index is 13.7. The number of aromatic nitrogens is 4. The highest BCUT2D eigenvalue weighted by atomic mass is 19.3. The maximum absolute atomic E-state index is 13.7. The van der Waals surface area contributed by atoms with E-state index < -0.39 is 29.8 Å². The van der Waals surface area contributed by atoms with Crippen molar-refractivity contribution in [3.8, 4) is 11.5 Å². The monoisotopic (exact) mass is 488 g/mol. The number of hydrogen-bond acceptors (Lipinski definition) is 7. The van der Waals surface area contributed by atoms with Gasteiger partial charge < -0.3 is 19.4 Å². The number of ether oxygens (including phenoxy) is 1. The summed E-state index contributed by atoms with van der Waals surface area (Å²) >= 11 is 0. The second kappa shape index (κ2) is 10.2. The first kappa shape index (κ1) is 24.3. The van der Waals surface area contributed by atoms with Crippen molar-refractivity contribution in [2.45, 2.75) is 46.1 Å². The molecule has 0 atom stereocenters. The SMILES string of the molecule is CCOC(=O)c1nnn(C2CCN(C(=O)Nc3cccc(-c4nc(C)c(C)o4)c3)CC2)c1C(F)F. The van der Waals surface area contributed by atoms with Crippen molar-refractivity contribution in [1.82, 2.24) is 24.9 Å². The standard InChI is InChI=1S/C23H26F2N6O4/c1-4-34-22(32)18-19(20(24)25)31(29-28-18)17-8-10-30(11-9-17)23(33)27-16-7-5-6-15(12-16)21-26-13(2)14(3)35-21/h5-7,12,17,20H,4,8-11H2,1-3H3,(H,27,33). The molecule has 0 aliphatic carbocycles. The topological polar surface area (TPSA) is 115 Å². The molecule has 3 aromatic rings. The average Bonchev–Trinajstić information content (AvgIpc) is 3.43. The van der Waals surface area contributed by atoms with Crippen LogP contribution in [0, 0.1) is 13.8 Å². The Bertz CT molecular complexity index is 1200. The molecule has 0 saturated carbocycles. The predicted molar refractivity (Wildman–Crippen MR) is 121 cm³/mol. The number of hydrogen-bond donors (Lipinski definition) is 1. The molecule has 3 heterocycles. The number of carbonyl (C=O) groups excluding carboxylic acids is 2. The zero-order chi connectivity index (χ0) is 25.1. The van der Waals surface area contributed by atoms with E-state index in [-0.39, 0.29) is 12.6 Å². The largest absolute Gasteiger partial charge is 0.461 e. The van der Waals surface area contributed by atoms with Crippen molar-refractivity contribution in [2.75, 3.05) is 25.0 Å². The van der Waals surface area contributed by atoms with Crippen LogP contribution in [0.15, 0.2) is 28.7 Å². The summed E-state index contributed by atoms with van der Waals surface area (Å²) in [6, 6.07) is 6.45. The number of nitrogens with zero attached hydrogens (tertiary/aromatic N) is 5. The van der Waals surface area contributed by atoms with Crippen molar-refractivity contribution in [1.29, 1.82) is 0 Å². The number of anilines is 1. The molecule has 0 spiro atoms. The van der Waals surface area contributed by atoms with Crippen LogP contribution in [0.2, 0.25) is 0 Å². The van der Waals surface area contributed by atoms with E-state index in [1.165, 1.54) is 0 Å². The van der Waals surface area contributed by atoms with E-state index in [9.17, 15) is 18.4 Å². The molecule has 0 unspecified atom stereocenters. The quantitative estimate of drug-likeness (QED) is 0.507. The summed E-state index contributed by atoms with van der Waals surface area (Å²) in [5, 5.41) is 10.3. The lowest BCUT2D eigenvalue weighted by Crippen LogP contribution is -2.41. The number of rotatable bonds is 6. The number of aryl methyl sites for hydroxylation is 2. The summed E-state index contributed by atoms with van der Waals surface area (Å²) in [4.78, 5) is 30.8. The van der Waals surface area contributed by atoms with E-state index in [0.717, 1.165) is 21.7 Å². The van der Waals surface area contributed by atoms with Gasteiger partial charge in [0.1, 0.15) is 11.5 Å². The van der Waals surface area contributed by atoms with Gasteiger partial charge in [0.15, 0.2) is 5.69 Å². The third-order valence-corrected chi connectivity index (χ3v) is 5.89. The van der Waals surface area contributed by atoms with Crippen LogP contribution in [0.5, 0.6) is 0 Å². The molecule has 1 aliphatic heterocycles. The highest BCUT2D eigenvalue weighted by molar-refractivity contribution is 5.90. The number of urea groups is 1. The minimum absolute atomic E-state index is 0.0437. The van der Waals surface area contributed by atoms with E-state index >= 15 is 0 Å². The molecule has 0 bridgehead atoms. The summed E-state index contributed by atoms with van der Waals surface area (Å²) in [7, 11) is 0. The number of alkyl halides is 2. The Balaban J connectivity index is 1.40. The minimum atomic E-state index is -2.94. The van der Waals surface area contributed by atoms with Crippen LogP contribution < -0.4 is 5.32 Å². The Kier molecular flexibility index (Phi) is 7.08. The lowest BCUT2D eigenvalue weighted by molar-refractivity contribution is 0.0505. The lowest BCUT2D eigenvalue weighted by Gasteiger charge is -2.32. The number of benzene rings is 1. The van der Waals surface area contributed by atoms with Crippen LogP contribution in [0.4, 0.5) is 19.3 Å². The Hall–Kier alpha value is -3.83. The molecule has 10 nitrogen and oxygen atoms in total. The highest BCUT2D eigenvalue weighted by Gasteiger charge is 2.33. The summed E-state index contributed by atoms with van der Waals surface area (Å²) in [5.74, 6) is 0.277. The van der Waals surface area contributed by atoms with Crippen molar-refractivity contribution in [3.05, 3.63) is 47.1 Å². The molecule has 1 aromatic carbocycles. The summed E-state index contributed by atoms with van der Waals surface area (Å²) < 4.78 is 39.0. The molecule has 35 heavy (non-hydrogen) atoms. The molecule has 2 amide bonds. The Morgan fingerprint density at radius 1 is 1.26 bits per heavy atom. The molecule has 1 aliphatic rings. The first-order valence-electron chi connectivity index (χ1n) is 11.3. The first-order valence-corrected chi connectivity index (χ1v) is 11.3. The van der Waals surface area contributed by atoms with Crippen LogP contribution in [-0.4, -0.2) is 56.6 Å². The number of halogens is 2. The van der Waals surface area contributed by atoms with Crippen LogP contribution in [0.25, 0.3) is 11.5 Å². The zero-order valence-electron chi connectivity index (χ0n) is 19.6. The van der Waals surface area contributed by atoms with Crippen molar-refractivity contribution in [2.24, 2.45) is 0 Å². The molecular weight excluding hydrogens is 462 g/mol. The van der Waals surface area contributed by atoms with Crippen molar-refractivity contribution in [3.63, 3.8) is 0 Å². The molecule has 1 fully saturated rings. The molecular formula is C23H26F2N6O4. The third kappa shape index (κ3) is 5.15. The number of carbonyl (C=O) groups is 2. The molecule has 2 aromatic heterocycles. The molecule has 1 N–H and O–H groups in total. The minimum Gasteiger partial charge on any atom is -0.461 e. The number of oxazole rings is 1. The lowest BCUT2D eigenvalue weighted by atomic mass is 10.0. The van der Waals surface area contributed by atoms with Gasteiger partial charge in [-0.05, 0) is 51.8 Å². The van der Waals surface area contributed by atoms with Gasteiger partial charge in [0.25, 0.3) is 6.43 Å². The number of likely N-dealkylation sites (tertiary alicyclic amines) is 1. The van der Waals surface area contributed by atoms with Gasteiger partial charge in [0.05, 0.1) is 18.3 Å². The fourth-order valence-corrected chi connectivity index (χ4v) is 3.96. The van der Waals surface area contributed by atoms with Gasteiger partial charge >= 0.3 is 12.0 Å². The van der Waals surface area contributed by atoms with E-state index in [2.05, 4.69) is 20.6 Å². The molecule has 1 saturated heterocycles. The average molecular weight is 488 g/mol. The van der Waals surface area contributed by atoms with Crippen molar-refractivity contribution < 1.29 is 27.5 Å². The van der Waals surface area contributed by atoms with Crippen LogP contribution in [0.1, 0.15) is 59.9 Å². The van der Waals surface area contributed by atoms with E-state index in [0.29, 0.717) is 37.5 Å². The summed E-state index contributed by atoms with van der Waals surface area (Å²) in [5.41, 5.74) is 1.09. The third-order valence-electron chi connectivity index (χ3n) is 5.89. The van der Waals surface area contributed by atoms with Gasteiger partial charge in [-0.15, -0.1) is 5.10 Å². The van der Waals surface area contributed by atoms with E-state index in [1.807, 2.05) is 19.9 Å². The van der Waals surface area contributed by atoms with E-state index in [4.69, 9.17) is 9.15 Å². The Labute approximate surface area is 200 Å². The number of piperidine rings is 1. The van der Waals surface area contributed by atoms with Crippen molar-refractivity contribution >= 4 is 17.7 Å². The molecule has 12 heteroatoms. The summed E-state index contributed by atoms with van der Waals surface area (Å²) in [6.07, 6.45) is -2.17. The van der Waals surface area contributed by atoms with Gasteiger partial charge in [-0.1, -0.05) is 11.3 Å². The van der Waals surface area contributed by atoms with Crippen LogP contribution in [0.3, 0.4) is 0 Å². The highest BCUT2D eigenvalue weighted by Crippen LogP contribution is 2.30. The second-order valence-electron chi connectivity index (χ2n) is 8.18. The normalized spacial score (nSPS) is 14.4. The first-order chi connectivity index (χ1) is 16.8. The van der Waals surface area contributed by atoms with Gasteiger partial charge in [-0.25, -0.2) is 28.0 Å².